The average molecular weight is 213 g/mol. The van der Waals surface area contributed by atoms with Crippen molar-refractivity contribution in [3.05, 3.63) is 0 Å². The van der Waals surface area contributed by atoms with Crippen LogP contribution in [0.15, 0.2) is 0 Å². The van der Waals surface area contributed by atoms with Crippen LogP contribution in [0.2, 0.25) is 0 Å². The van der Waals surface area contributed by atoms with Crippen molar-refractivity contribution in [3.8, 4) is 0 Å². The molecule has 0 bridgehead atoms. The van der Waals surface area contributed by atoms with Gasteiger partial charge in [-0.05, 0) is 0 Å². The van der Waals surface area contributed by atoms with Crippen molar-refractivity contribution in [3.63, 3.8) is 0 Å². The standard InChI is InChI=1S/C10H19N3O2/c1-8(14)13-5-4-11-6-9(7-13)10(15)12(2)3/h9,11H,4-7H2,1-3H3. The zero-order chi connectivity index (χ0) is 11.4. The van der Waals surface area contributed by atoms with Gasteiger partial charge in [-0.3, -0.25) is 9.59 Å². The first-order chi connectivity index (χ1) is 7.02. The van der Waals surface area contributed by atoms with Gasteiger partial charge in [0.15, 0.2) is 0 Å². The summed E-state index contributed by atoms with van der Waals surface area (Å²) in [5.74, 6) is -0.00249. The number of hydrogen-bond acceptors (Lipinski definition) is 3. The molecule has 1 fully saturated rings. The summed E-state index contributed by atoms with van der Waals surface area (Å²) in [6, 6.07) is 0. The summed E-state index contributed by atoms with van der Waals surface area (Å²) in [7, 11) is 3.48. The van der Waals surface area contributed by atoms with Gasteiger partial charge in [-0.2, -0.15) is 0 Å². The third-order valence-corrected chi connectivity index (χ3v) is 2.63. The second-order valence-corrected chi connectivity index (χ2v) is 4.10. The maximum Gasteiger partial charge on any atom is 0.228 e. The van der Waals surface area contributed by atoms with Crippen LogP contribution in [0.1, 0.15) is 6.92 Å². The van der Waals surface area contributed by atoms with Crippen LogP contribution in [0.4, 0.5) is 0 Å². The number of nitrogens with one attached hydrogen (secondary N) is 1. The number of carbonyl (C=O) groups is 2. The van der Waals surface area contributed by atoms with E-state index in [0.29, 0.717) is 19.6 Å². The largest absolute Gasteiger partial charge is 0.348 e. The smallest absolute Gasteiger partial charge is 0.228 e. The van der Waals surface area contributed by atoms with E-state index in [2.05, 4.69) is 5.32 Å². The van der Waals surface area contributed by atoms with Crippen LogP contribution in [0.25, 0.3) is 0 Å². The van der Waals surface area contributed by atoms with E-state index in [9.17, 15) is 9.59 Å². The number of carbonyl (C=O) groups excluding carboxylic acids is 2. The number of rotatable bonds is 1. The first-order valence-electron chi connectivity index (χ1n) is 5.19. The van der Waals surface area contributed by atoms with Gasteiger partial charge in [-0.25, -0.2) is 0 Å². The molecule has 15 heavy (non-hydrogen) atoms. The highest BCUT2D eigenvalue weighted by atomic mass is 16.2. The molecule has 5 heteroatoms. The molecule has 1 aliphatic heterocycles. The lowest BCUT2D eigenvalue weighted by atomic mass is 10.1. The zero-order valence-electron chi connectivity index (χ0n) is 9.62. The molecule has 1 atom stereocenters. The van der Waals surface area contributed by atoms with Gasteiger partial charge < -0.3 is 15.1 Å². The Kier molecular flexibility index (Phi) is 4.08. The second-order valence-electron chi connectivity index (χ2n) is 4.10. The minimum atomic E-state index is -0.119. The second kappa shape index (κ2) is 5.11. The predicted octanol–water partition coefficient (Wildman–Crippen LogP) is -0.857. The van der Waals surface area contributed by atoms with Crippen LogP contribution in [0.5, 0.6) is 0 Å². The Bertz CT molecular complexity index is 253. The highest BCUT2D eigenvalue weighted by Gasteiger charge is 2.26. The topological polar surface area (TPSA) is 52.7 Å². The molecule has 0 radical (unpaired) electrons. The van der Waals surface area contributed by atoms with E-state index < -0.39 is 0 Å². The van der Waals surface area contributed by atoms with Crippen LogP contribution in [-0.4, -0.2) is 61.9 Å². The third kappa shape index (κ3) is 3.20. The molecule has 1 rings (SSSR count). The van der Waals surface area contributed by atoms with E-state index in [1.807, 2.05) is 0 Å². The van der Waals surface area contributed by atoms with E-state index >= 15 is 0 Å². The van der Waals surface area contributed by atoms with Crippen molar-refractivity contribution >= 4 is 11.8 Å². The first-order valence-corrected chi connectivity index (χ1v) is 5.19. The fourth-order valence-electron chi connectivity index (χ4n) is 1.73. The van der Waals surface area contributed by atoms with E-state index in [0.717, 1.165) is 6.54 Å². The van der Waals surface area contributed by atoms with Gasteiger partial charge >= 0.3 is 0 Å². The molecule has 5 nitrogen and oxygen atoms in total. The molecular weight excluding hydrogens is 194 g/mol. The van der Waals surface area contributed by atoms with E-state index in [1.165, 1.54) is 0 Å². The fraction of sp³-hybridized carbons (Fsp3) is 0.800. The monoisotopic (exact) mass is 213 g/mol. The molecule has 86 valence electrons. The van der Waals surface area contributed by atoms with Crippen molar-refractivity contribution in [2.75, 3.05) is 40.3 Å². The van der Waals surface area contributed by atoms with Crippen molar-refractivity contribution in [2.45, 2.75) is 6.92 Å². The molecule has 1 saturated heterocycles. The van der Waals surface area contributed by atoms with E-state index in [-0.39, 0.29) is 17.7 Å². The molecule has 0 aromatic heterocycles. The Morgan fingerprint density at radius 1 is 1.40 bits per heavy atom. The van der Waals surface area contributed by atoms with Crippen LogP contribution in [0.3, 0.4) is 0 Å². The normalized spacial score (nSPS) is 22.1. The van der Waals surface area contributed by atoms with Gasteiger partial charge in [0.25, 0.3) is 0 Å². The Hall–Kier alpha value is -1.10. The van der Waals surface area contributed by atoms with Gasteiger partial charge in [0.2, 0.25) is 11.8 Å². The minimum Gasteiger partial charge on any atom is -0.348 e. The van der Waals surface area contributed by atoms with E-state index in [1.54, 1.807) is 30.8 Å². The lowest BCUT2D eigenvalue weighted by Crippen LogP contribution is -2.41. The Labute approximate surface area is 90.4 Å². The highest BCUT2D eigenvalue weighted by molar-refractivity contribution is 5.80. The predicted molar refractivity (Wildman–Crippen MR) is 57.3 cm³/mol. The summed E-state index contributed by atoms with van der Waals surface area (Å²) in [6.07, 6.45) is 0. The van der Waals surface area contributed by atoms with Gasteiger partial charge in [0.1, 0.15) is 0 Å². The SMILES string of the molecule is CC(=O)N1CCNCC(C(=O)N(C)C)C1. The molecule has 2 amide bonds. The van der Waals surface area contributed by atoms with E-state index in [4.69, 9.17) is 0 Å². The highest BCUT2D eigenvalue weighted by Crippen LogP contribution is 2.06. The van der Waals surface area contributed by atoms with Crippen molar-refractivity contribution in [1.82, 2.24) is 15.1 Å². The molecule has 1 N–H and O–H groups in total. The quantitative estimate of drug-likeness (QED) is 0.617. The molecule has 1 heterocycles. The molecule has 0 spiro atoms. The van der Waals surface area contributed by atoms with Gasteiger partial charge in [-0.15, -0.1) is 0 Å². The lowest BCUT2D eigenvalue weighted by molar-refractivity contribution is -0.135. The molecule has 0 saturated carbocycles. The van der Waals surface area contributed by atoms with Crippen LogP contribution in [0, 0.1) is 5.92 Å². The first kappa shape index (κ1) is 12.0. The molecule has 0 aromatic carbocycles. The summed E-state index contributed by atoms with van der Waals surface area (Å²) in [5, 5.41) is 3.18. The molecule has 1 aliphatic rings. The van der Waals surface area contributed by atoms with Crippen LogP contribution in [-0.2, 0) is 9.59 Å². The summed E-state index contributed by atoms with van der Waals surface area (Å²) in [6.45, 7) is 4.17. The maximum atomic E-state index is 11.8. The zero-order valence-corrected chi connectivity index (χ0v) is 9.62. The molecule has 0 aliphatic carbocycles. The Morgan fingerprint density at radius 2 is 2.07 bits per heavy atom. The molecule has 1 unspecified atom stereocenters. The summed E-state index contributed by atoms with van der Waals surface area (Å²) < 4.78 is 0. The Balaban J connectivity index is 2.64. The lowest BCUT2D eigenvalue weighted by Gasteiger charge is -2.24. The van der Waals surface area contributed by atoms with Crippen LogP contribution >= 0.6 is 0 Å². The molecular formula is C10H19N3O2. The number of hydrogen-bond donors (Lipinski definition) is 1. The summed E-state index contributed by atoms with van der Waals surface area (Å²) >= 11 is 0. The average Bonchev–Trinajstić information content (AvgIpc) is 2.41. The number of amides is 2. The minimum absolute atomic E-state index is 0.0373. The van der Waals surface area contributed by atoms with Crippen molar-refractivity contribution < 1.29 is 9.59 Å². The fourth-order valence-corrected chi connectivity index (χ4v) is 1.73. The van der Waals surface area contributed by atoms with Gasteiger partial charge in [0.05, 0.1) is 5.92 Å². The van der Waals surface area contributed by atoms with Gasteiger partial charge in [-0.1, -0.05) is 0 Å². The van der Waals surface area contributed by atoms with Crippen molar-refractivity contribution in [2.24, 2.45) is 5.92 Å². The summed E-state index contributed by atoms with van der Waals surface area (Å²) in [5.41, 5.74) is 0. The van der Waals surface area contributed by atoms with Gasteiger partial charge in [0, 0.05) is 47.2 Å². The molecule has 0 aromatic rings. The third-order valence-electron chi connectivity index (χ3n) is 2.63. The van der Waals surface area contributed by atoms with Crippen molar-refractivity contribution in [1.29, 1.82) is 0 Å². The maximum absolute atomic E-state index is 11.8. The Morgan fingerprint density at radius 3 is 2.60 bits per heavy atom. The van der Waals surface area contributed by atoms with Crippen LogP contribution < -0.4 is 5.32 Å². The number of nitrogens with zero attached hydrogens (tertiary/aromatic N) is 2. The summed E-state index contributed by atoms with van der Waals surface area (Å²) in [4.78, 5) is 26.3.